The van der Waals surface area contributed by atoms with Crippen LogP contribution in [-0.4, -0.2) is 55.2 Å². The molecular weight excluding hydrogens is 374 g/mol. The molecule has 28 heavy (non-hydrogen) atoms. The third-order valence-electron chi connectivity index (χ3n) is 4.68. The molecule has 1 aliphatic heterocycles. The molecule has 1 aromatic heterocycles. The van der Waals surface area contributed by atoms with Crippen molar-refractivity contribution in [2.75, 3.05) is 44.3 Å². The Kier molecular flexibility index (Phi) is 5.62. The van der Waals surface area contributed by atoms with Crippen LogP contribution in [0, 0.1) is 0 Å². The van der Waals surface area contributed by atoms with Crippen molar-refractivity contribution in [1.82, 2.24) is 9.88 Å². The van der Waals surface area contributed by atoms with Crippen LogP contribution >= 0.6 is 11.3 Å². The van der Waals surface area contributed by atoms with Crippen molar-refractivity contribution in [1.29, 1.82) is 0 Å². The fourth-order valence-electron chi connectivity index (χ4n) is 3.22. The van der Waals surface area contributed by atoms with Crippen molar-refractivity contribution < 1.29 is 14.3 Å². The second kappa shape index (κ2) is 8.48. The molecule has 3 aromatic rings. The number of amides is 1. The molecule has 1 saturated heterocycles. The zero-order valence-electron chi connectivity index (χ0n) is 15.8. The van der Waals surface area contributed by atoms with Gasteiger partial charge in [-0.25, -0.2) is 4.98 Å². The average Bonchev–Trinajstić information content (AvgIpc) is 3.18. The Morgan fingerprint density at radius 2 is 1.82 bits per heavy atom. The summed E-state index contributed by atoms with van der Waals surface area (Å²) in [5.74, 6) is 1.56. The number of hydrogen-bond acceptors (Lipinski definition) is 6. The number of benzene rings is 2. The van der Waals surface area contributed by atoms with Crippen LogP contribution in [0.5, 0.6) is 11.5 Å². The minimum atomic E-state index is 0.0198. The van der Waals surface area contributed by atoms with Crippen molar-refractivity contribution in [3.8, 4) is 11.5 Å². The van der Waals surface area contributed by atoms with Crippen LogP contribution in [0.2, 0.25) is 0 Å². The molecular formula is C21H23N3O3S. The number of fused-ring (bicyclic) bond motifs is 1. The van der Waals surface area contributed by atoms with Gasteiger partial charge < -0.3 is 19.3 Å². The summed E-state index contributed by atoms with van der Waals surface area (Å²) in [6, 6.07) is 15.5. The molecule has 1 fully saturated rings. The summed E-state index contributed by atoms with van der Waals surface area (Å²) in [4.78, 5) is 21.3. The molecule has 6 nitrogen and oxygen atoms in total. The normalized spacial score (nSPS) is 14.3. The van der Waals surface area contributed by atoms with E-state index in [0.717, 1.165) is 34.2 Å². The molecule has 0 atom stereocenters. The van der Waals surface area contributed by atoms with Crippen molar-refractivity contribution in [2.24, 2.45) is 0 Å². The molecule has 0 saturated carbocycles. The van der Waals surface area contributed by atoms with Crippen LogP contribution < -0.4 is 14.4 Å². The van der Waals surface area contributed by atoms with Gasteiger partial charge in [0.25, 0.3) is 5.91 Å². The number of hydrogen-bond donors (Lipinski definition) is 0. The van der Waals surface area contributed by atoms with E-state index >= 15 is 0 Å². The van der Waals surface area contributed by atoms with Gasteiger partial charge in [0.1, 0.15) is 17.0 Å². The first-order valence-corrected chi connectivity index (χ1v) is 10.3. The Morgan fingerprint density at radius 1 is 1.04 bits per heavy atom. The van der Waals surface area contributed by atoms with E-state index in [0.29, 0.717) is 25.4 Å². The molecule has 0 spiro atoms. The van der Waals surface area contributed by atoms with E-state index in [1.165, 1.54) is 0 Å². The van der Waals surface area contributed by atoms with E-state index in [9.17, 15) is 4.79 Å². The van der Waals surface area contributed by atoms with Crippen LogP contribution in [0.3, 0.4) is 0 Å². The van der Waals surface area contributed by atoms with Gasteiger partial charge in [-0.1, -0.05) is 35.6 Å². The molecule has 1 amide bonds. The first kappa shape index (κ1) is 18.6. The lowest BCUT2D eigenvalue weighted by Gasteiger charge is -2.34. The van der Waals surface area contributed by atoms with Crippen molar-refractivity contribution in [3.05, 3.63) is 48.5 Å². The van der Waals surface area contributed by atoms with E-state index in [1.54, 1.807) is 11.3 Å². The minimum absolute atomic E-state index is 0.0198. The van der Waals surface area contributed by atoms with Gasteiger partial charge in [-0.2, -0.15) is 0 Å². The highest BCUT2D eigenvalue weighted by molar-refractivity contribution is 7.22. The number of carbonyl (C=O) groups excluding carboxylic acids is 1. The van der Waals surface area contributed by atoms with E-state index in [-0.39, 0.29) is 12.5 Å². The Balaban J connectivity index is 1.35. The number of ether oxygens (including phenoxy) is 2. The van der Waals surface area contributed by atoms with Crippen molar-refractivity contribution in [3.63, 3.8) is 0 Å². The Bertz CT molecular complexity index is 936. The Labute approximate surface area is 168 Å². The maximum absolute atomic E-state index is 12.4. The summed E-state index contributed by atoms with van der Waals surface area (Å²) in [6.45, 7) is 5.54. The van der Waals surface area contributed by atoms with Crippen LogP contribution in [0.1, 0.15) is 6.92 Å². The molecule has 0 aliphatic carbocycles. The molecule has 0 N–H and O–H groups in total. The SMILES string of the molecule is CCOc1cccc2sc(N3CCN(C(=O)COc4ccccc4)CC3)nc12. The molecule has 2 aromatic carbocycles. The third kappa shape index (κ3) is 4.04. The smallest absolute Gasteiger partial charge is 0.260 e. The van der Waals surface area contributed by atoms with Crippen molar-refractivity contribution in [2.45, 2.75) is 6.92 Å². The van der Waals surface area contributed by atoms with Gasteiger partial charge in [0.05, 0.1) is 11.3 Å². The van der Waals surface area contributed by atoms with Gasteiger partial charge in [0, 0.05) is 26.2 Å². The highest BCUT2D eigenvalue weighted by Crippen LogP contribution is 2.34. The zero-order valence-corrected chi connectivity index (χ0v) is 16.7. The number of carbonyl (C=O) groups is 1. The van der Waals surface area contributed by atoms with Crippen LogP contribution in [-0.2, 0) is 4.79 Å². The maximum Gasteiger partial charge on any atom is 0.260 e. The number of piperazine rings is 1. The maximum atomic E-state index is 12.4. The van der Waals surface area contributed by atoms with E-state index < -0.39 is 0 Å². The molecule has 7 heteroatoms. The summed E-state index contributed by atoms with van der Waals surface area (Å²) in [5.41, 5.74) is 0.916. The van der Waals surface area contributed by atoms with Crippen LogP contribution in [0.15, 0.2) is 48.5 Å². The fraction of sp³-hybridized carbons (Fsp3) is 0.333. The number of anilines is 1. The average molecular weight is 398 g/mol. The lowest BCUT2D eigenvalue weighted by atomic mass is 10.3. The molecule has 2 heterocycles. The largest absolute Gasteiger partial charge is 0.492 e. The van der Waals surface area contributed by atoms with Crippen LogP contribution in [0.4, 0.5) is 5.13 Å². The number of para-hydroxylation sites is 2. The topological polar surface area (TPSA) is 54.9 Å². The molecule has 0 unspecified atom stereocenters. The second-order valence-electron chi connectivity index (χ2n) is 6.50. The number of aromatic nitrogens is 1. The summed E-state index contributed by atoms with van der Waals surface area (Å²) >= 11 is 1.67. The van der Waals surface area contributed by atoms with Crippen molar-refractivity contribution >= 4 is 32.6 Å². The second-order valence-corrected chi connectivity index (χ2v) is 7.51. The third-order valence-corrected chi connectivity index (χ3v) is 5.76. The highest BCUT2D eigenvalue weighted by atomic mass is 32.1. The molecule has 146 valence electrons. The monoisotopic (exact) mass is 397 g/mol. The summed E-state index contributed by atoms with van der Waals surface area (Å²) in [7, 11) is 0. The Hall–Kier alpha value is -2.80. The summed E-state index contributed by atoms with van der Waals surface area (Å²) in [6.07, 6.45) is 0. The van der Waals surface area contributed by atoms with E-state index in [2.05, 4.69) is 11.0 Å². The number of nitrogens with zero attached hydrogens (tertiary/aromatic N) is 3. The number of rotatable bonds is 6. The van der Waals surface area contributed by atoms with Gasteiger partial charge in [-0.15, -0.1) is 0 Å². The highest BCUT2D eigenvalue weighted by Gasteiger charge is 2.23. The lowest BCUT2D eigenvalue weighted by molar-refractivity contribution is -0.133. The minimum Gasteiger partial charge on any atom is -0.492 e. The van der Waals surface area contributed by atoms with Crippen LogP contribution in [0.25, 0.3) is 10.2 Å². The predicted octanol–water partition coefficient (Wildman–Crippen LogP) is 3.42. The standard InChI is InChI=1S/C21H23N3O3S/c1-2-26-17-9-6-10-18-20(17)22-21(28-18)24-13-11-23(12-14-24)19(25)15-27-16-7-4-3-5-8-16/h3-10H,2,11-15H2,1H3. The van der Waals surface area contributed by atoms with E-state index in [4.69, 9.17) is 14.5 Å². The first-order valence-electron chi connectivity index (χ1n) is 9.47. The van der Waals surface area contributed by atoms with Gasteiger partial charge in [-0.3, -0.25) is 4.79 Å². The Morgan fingerprint density at radius 3 is 2.57 bits per heavy atom. The molecule has 1 aliphatic rings. The summed E-state index contributed by atoms with van der Waals surface area (Å²) < 4.78 is 12.4. The van der Waals surface area contributed by atoms with Gasteiger partial charge in [0.15, 0.2) is 11.7 Å². The molecule has 0 radical (unpaired) electrons. The zero-order chi connectivity index (χ0) is 19.3. The number of thiazole rings is 1. The van der Waals surface area contributed by atoms with E-state index in [1.807, 2.05) is 54.3 Å². The molecule has 4 rings (SSSR count). The summed E-state index contributed by atoms with van der Waals surface area (Å²) in [5, 5.41) is 0.981. The fourth-order valence-corrected chi connectivity index (χ4v) is 4.25. The molecule has 0 bridgehead atoms. The lowest BCUT2D eigenvalue weighted by Crippen LogP contribution is -2.50. The van der Waals surface area contributed by atoms with Gasteiger partial charge >= 0.3 is 0 Å². The van der Waals surface area contributed by atoms with Gasteiger partial charge in [0.2, 0.25) is 0 Å². The quantitative estimate of drug-likeness (QED) is 0.638. The predicted molar refractivity (Wildman–Crippen MR) is 112 cm³/mol. The first-order chi connectivity index (χ1) is 13.7. The van der Waals surface area contributed by atoms with Gasteiger partial charge in [-0.05, 0) is 31.2 Å².